The largest absolute Gasteiger partial charge is 0.463 e. The topological polar surface area (TPSA) is 28.4 Å². The van der Waals surface area contributed by atoms with E-state index in [9.17, 15) is 0 Å². The van der Waals surface area contributed by atoms with Crippen molar-refractivity contribution in [1.82, 2.24) is 10.2 Å². The molecule has 1 saturated carbocycles. The molecule has 1 N–H and O–H groups in total. The van der Waals surface area contributed by atoms with Crippen LogP contribution >= 0.6 is 11.8 Å². The Labute approximate surface area is 121 Å². The number of hydrogen-bond acceptors (Lipinski definition) is 4. The van der Waals surface area contributed by atoms with E-state index in [4.69, 9.17) is 4.42 Å². The van der Waals surface area contributed by atoms with Gasteiger partial charge < -0.3 is 9.73 Å². The van der Waals surface area contributed by atoms with Gasteiger partial charge in [-0.15, -0.1) is 0 Å². The van der Waals surface area contributed by atoms with E-state index in [0.29, 0.717) is 6.04 Å². The summed E-state index contributed by atoms with van der Waals surface area (Å²) in [5.74, 6) is 3.33. The van der Waals surface area contributed by atoms with Crippen LogP contribution in [0.4, 0.5) is 0 Å². The lowest BCUT2D eigenvalue weighted by molar-refractivity contribution is 0.226. The fraction of sp³-hybridized carbons (Fsp3) is 0.733. The molecular weight excluding hydrogens is 256 g/mol. The highest BCUT2D eigenvalue weighted by atomic mass is 32.2. The molecule has 3 nitrogen and oxygen atoms in total. The first-order valence-corrected chi connectivity index (χ1v) is 8.62. The first kappa shape index (κ1) is 14.9. The Morgan fingerprint density at radius 3 is 2.79 bits per heavy atom. The molecular formula is C15H26N2OS. The Balaban J connectivity index is 1.80. The number of nitrogens with zero attached hydrogens (tertiary/aromatic N) is 1. The average Bonchev–Trinajstić information content (AvgIpc) is 3.14. The van der Waals surface area contributed by atoms with Gasteiger partial charge in [-0.25, -0.2) is 0 Å². The smallest absolute Gasteiger partial charge is 0.118 e. The third-order valence-electron chi connectivity index (χ3n) is 3.72. The van der Waals surface area contributed by atoms with Crippen molar-refractivity contribution in [2.75, 3.05) is 19.1 Å². The predicted molar refractivity (Wildman–Crippen MR) is 82.5 cm³/mol. The SMILES string of the molecule is CCC(CSC)N(C)Cc1ccc(CNC2CC2)o1. The van der Waals surface area contributed by atoms with Gasteiger partial charge in [0.15, 0.2) is 0 Å². The second-order valence-corrected chi connectivity index (χ2v) is 6.37. The Bertz CT molecular complexity index is 376. The highest BCUT2D eigenvalue weighted by Crippen LogP contribution is 2.20. The van der Waals surface area contributed by atoms with E-state index in [2.05, 4.69) is 42.6 Å². The molecule has 1 aromatic rings. The molecule has 0 aromatic carbocycles. The number of thioether (sulfide) groups is 1. The van der Waals surface area contributed by atoms with Crippen molar-refractivity contribution in [3.8, 4) is 0 Å². The summed E-state index contributed by atoms with van der Waals surface area (Å²) < 4.78 is 5.89. The lowest BCUT2D eigenvalue weighted by Crippen LogP contribution is -2.32. The average molecular weight is 282 g/mol. The van der Waals surface area contributed by atoms with Crippen molar-refractivity contribution in [3.63, 3.8) is 0 Å². The summed E-state index contributed by atoms with van der Waals surface area (Å²) in [5.41, 5.74) is 0. The molecule has 0 amide bonds. The van der Waals surface area contributed by atoms with E-state index < -0.39 is 0 Å². The maximum atomic E-state index is 5.89. The standard InChI is InChI=1S/C15H26N2OS/c1-4-13(11-19-3)17(2)10-15-8-7-14(18-15)9-16-12-5-6-12/h7-8,12-13,16H,4-6,9-11H2,1-3H3. The van der Waals surface area contributed by atoms with E-state index in [1.54, 1.807) is 0 Å². The summed E-state index contributed by atoms with van der Waals surface area (Å²) in [6, 6.07) is 5.59. The minimum absolute atomic E-state index is 0.633. The van der Waals surface area contributed by atoms with Gasteiger partial charge in [0, 0.05) is 17.8 Å². The first-order valence-electron chi connectivity index (χ1n) is 7.23. The van der Waals surface area contributed by atoms with E-state index >= 15 is 0 Å². The van der Waals surface area contributed by atoms with Crippen LogP contribution in [0.5, 0.6) is 0 Å². The van der Waals surface area contributed by atoms with Crippen LogP contribution in [0.1, 0.15) is 37.7 Å². The van der Waals surface area contributed by atoms with Crippen LogP contribution in [-0.2, 0) is 13.1 Å². The van der Waals surface area contributed by atoms with Gasteiger partial charge in [-0.3, -0.25) is 4.90 Å². The Morgan fingerprint density at radius 2 is 2.16 bits per heavy atom. The lowest BCUT2D eigenvalue weighted by Gasteiger charge is -2.25. The van der Waals surface area contributed by atoms with Gasteiger partial charge in [-0.1, -0.05) is 6.92 Å². The second-order valence-electron chi connectivity index (χ2n) is 5.46. The Morgan fingerprint density at radius 1 is 1.42 bits per heavy atom. The first-order chi connectivity index (χ1) is 9.22. The molecule has 1 aromatic heterocycles. The third kappa shape index (κ3) is 4.86. The van der Waals surface area contributed by atoms with Crippen molar-refractivity contribution < 1.29 is 4.42 Å². The van der Waals surface area contributed by atoms with Crippen LogP contribution in [0, 0.1) is 0 Å². The number of rotatable bonds is 9. The van der Waals surface area contributed by atoms with Crippen molar-refractivity contribution in [2.45, 2.75) is 51.4 Å². The fourth-order valence-corrected chi connectivity index (χ4v) is 3.13. The molecule has 1 unspecified atom stereocenters. The molecule has 1 aliphatic rings. The van der Waals surface area contributed by atoms with Crippen LogP contribution in [0.25, 0.3) is 0 Å². The van der Waals surface area contributed by atoms with Gasteiger partial charge in [-0.2, -0.15) is 11.8 Å². The molecule has 1 aliphatic carbocycles. The molecule has 4 heteroatoms. The molecule has 108 valence electrons. The minimum atomic E-state index is 0.633. The monoisotopic (exact) mass is 282 g/mol. The zero-order valence-electron chi connectivity index (χ0n) is 12.3. The van der Waals surface area contributed by atoms with Gasteiger partial charge in [0.25, 0.3) is 0 Å². The quantitative estimate of drug-likeness (QED) is 0.753. The zero-order valence-corrected chi connectivity index (χ0v) is 13.1. The summed E-state index contributed by atoms with van der Waals surface area (Å²) in [6.45, 7) is 4.03. The molecule has 19 heavy (non-hydrogen) atoms. The Kier molecular flexibility index (Phi) is 5.79. The second kappa shape index (κ2) is 7.36. The van der Waals surface area contributed by atoms with Crippen molar-refractivity contribution in [2.24, 2.45) is 0 Å². The van der Waals surface area contributed by atoms with Crippen LogP contribution in [0.3, 0.4) is 0 Å². The number of furan rings is 1. The molecule has 2 rings (SSSR count). The molecule has 1 fully saturated rings. The molecule has 0 radical (unpaired) electrons. The van der Waals surface area contributed by atoms with E-state index in [0.717, 1.165) is 30.7 Å². The van der Waals surface area contributed by atoms with Gasteiger partial charge >= 0.3 is 0 Å². The highest BCUT2D eigenvalue weighted by molar-refractivity contribution is 7.98. The normalized spacial score (nSPS) is 17.1. The molecule has 1 atom stereocenters. The molecule has 0 aliphatic heterocycles. The summed E-state index contributed by atoms with van der Waals surface area (Å²) in [5, 5.41) is 3.48. The maximum Gasteiger partial charge on any atom is 0.118 e. The van der Waals surface area contributed by atoms with E-state index in [1.807, 2.05) is 11.8 Å². The summed E-state index contributed by atoms with van der Waals surface area (Å²) >= 11 is 1.91. The third-order valence-corrected chi connectivity index (χ3v) is 4.44. The van der Waals surface area contributed by atoms with Crippen LogP contribution in [-0.4, -0.2) is 36.0 Å². The van der Waals surface area contributed by atoms with E-state index in [1.165, 1.54) is 25.0 Å². The van der Waals surface area contributed by atoms with Gasteiger partial charge in [0.1, 0.15) is 11.5 Å². The number of hydrogen-bond donors (Lipinski definition) is 1. The summed E-state index contributed by atoms with van der Waals surface area (Å²) in [7, 11) is 2.19. The van der Waals surface area contributed by atoms with Crippen LogP contribution < -0.4 is 5.32 Å². The van der Waals surface area contributed by atoms with Crippen LogP contribution in [0.2, 0.25) is 0 Å². The van der Waals surface area contributed by atoms with Crippen LogP contribution in [0.15, 0.2) is 16.5 Å². The lowest BCUT2D eigenvalue weighted by atomic mass is 10.2. The highest BCUT2D eigenvalue weighted by Gasteiger charge is 2.20. The zero-order chi connectivity index (χ0) is 13.7. The maximum absolute atomic E-state index is 5.89. The van der Waals surface area contributed by atoms with Gasteiger partial charge in [0.2, 0.25) is 0 Å². The Hall–Kier alpha value is -0.450. The summed E-state index contributed by atoms with van der Waals surface area (Å²) in [6.07, 6.45) is 6.01. The number of nitrogens with one attached hydrogen (secondary N) is 1. The van der Waals surface area contributed by atoms with Crippen molar-refractivity contribution in [1.29, 1.82) is 0 Å². The van der Waals surface area contributed by atoms with Gasteiger partial charge in [0.05, 0.1) is 13.1 Å². The fourth-order valence-electron chi connectivity index (χ4n) is 2.26. The van der Waals surface area contributed by atoms with Crippen molar-refractivity contribution in [3.05, 3.63) is 23.7 Å². The molecule has 1 heterocycles. The van der Waals surface area contributed by atoms with E-state index in [-0.39, 0.29) is 0 Å². The summed E-state index contributed by atoms with van der Waals surface area (Å²) in [4.78, 5) is 2.40. The molecule has 0 bridgehead atoms. The van der Waals surface area contributed by atoms with Crippen molar-refractivity contribution >= 4 is 11.8 Å². The molecule has 0 spiro atoms. The minimum Gasteiger partial charge on any atom is -0.463 e. The predicted octanol–water partition coefficient (Wildman–Crippen LogP) is 3.11. The van der Waals surface area contributed by atoms with Gasteiger partial charge in [-0.05, 0) is 44.7 Å². The molecule has 0 saturated heterocycles.